The minimum atomic E-state index is -0.755. The summed E-state index contributed by atoms with van der Waals surface area (Å²) in [5.41, 5.74) is 1.49. The largest absolute Gasteiger partial charge is 0.387 e. The number of anilines is 1. The number of aromatic nitrogens is 2. The van der Waals surface area contributed by atoms with Gasteiger partial charge < -0.3 is 20.1 Å². The first kappa shape index (κ1) is 16.8. The maximum atomic E-state index is 13.1. The number of hydrogen-bond donors (Lipinski definition) is 2. The molecule has 7 heteroatoms. The Morgan fingerprint density at radius 2 is 2.00 bits per heavy atom. The van der Waals surface area contributed by atoms with Crippen molar-refractivity contribution in [1.29, 1.82) is 0 Å². The summed E-state index contributed by atoms with van der Waals surface area (Å²) in [5, 5.41) is 13.2. The van der Waals surface area contributed by atoms with Crippen molar-refractivity contribution in [1.82, 2.24) is 15.3 Å². The van der Waals surface area contributed by atoms with Gasteiger partial charge >= 0.3 is 0 Å². The van der Waals surface area contributed by atoms with Crippen LogP contribution in [-0.4, -0.2) is 47.9 Å². The molecule has 0 spiro atoms. The van der Waals surface area contributed by atoms with Gasteiger partial charge in [0.25, 0.3) is 0 Å². The van der Waals surface area contributed by atoms with Crippen molar-refractivity contribution in [2.24, 2.45) is 0 Å². The number of aliphatic hydroxyl groups excluding tert-OH is 1. The van der Waals surface area contributed by atoms with E-state index in [2.05, 4.69) is 20.2 Å². The van der Waals surface area contributed by atoms with Crippen LogP contribution >= 0.6 is 0 Å². The number of ether oxygens (including phenoxy) is 1. The van der Waals surface area contributed by atoms with Gasteiger partial charge in [-0.1, -0.05) is 12.1 Å². The summed E-state index contributed by atoms with van der Waals surface area (Å²) in [6, 6.07) is 5.99. The fourth-order valence-corrected chi connectivity index (χ4v) is 2.55. The SMILES string of the molecule is O[C@@H](CNCc1cnc(N2CCOCC2)nc1)c1cccc(F)c1. The number of nitrogens with zero attached hydrogens (tertiary/aromatic N) is 3. The highest BCUT2D eigenvalue weighted by Gasteiger charge is 2.13. The molecule has 1 saturated heterocycles. The second kappa shape index (κ2) is 8.14. The Hall–Kier alpha value is -2.09. The second-order valence-electron chi connectivity index (χ2n) is 5.69. The van der Waals surface area contributed by atoms with E-state index in [0.717, 1.165) is 18.7 Å². The Labute approximate surface area is 140 Å². The van der Waals surface area contributed by atoms with E-state index in [1.165, 1.54) is 12.1 Å². The number of rotatable bonds is 6. The van der Waals surface area contributed by atoms with Gasteiger partial charge in [0.15, 0.2) is 0 Å². The third-order valence-corrected chi connectivity index (χ3v) is 3.89. The summed E-state index contributed by atoms with van der Waals surface area (Å²) in [7, 11) is 0. The highest BCUT2D eigenvalue weighted by Crippen LogP contribution is 2.13. The molecule has 0 amide bonds. The molecule has 24 heavy (non-hydrogen) atoms. The molecule has 128 valence electrons. The van der Waals surface area contributed by atoms with Crippen LogP contribution in [0.1, 0.15) is 17.2 Å². The van der Waals surface area contributed by atoms with Crippen LogP contribution in [0.3, 0.4) is 0 Å². The lowest BCUT2D eigenvalue weighted by molar-refractivity contribution is 0.122. The van der Waals surface area contributed by atoms with E-state index in [1.54, 1.807) is 24.5 Å². The Bertz CT molecular complexity index is 647. The number of hydrogen-bond acceptors (Lipinski definition) is 6. The average molecular weight is 332 g/mol. The fraction of sp³-hybridized carbons (Fsp3) is 0.412. The second-order valence-corrected chi connectivity index (χ2v) is 5.69. The van der Waals surface area contributed by atoms with Crippen molar-refractivity contribution in [2.45, 2.75) is 12.6 Å². The third kappa shape index (κ3) is 4.47. The van der Waals surface area contributed by atoms with Crippen LogP contribution in [0.25, 0.3) is 0 Å². The predicted octanol–water partition coefficient (Wildman–Crippen LogP) is 1.28. The number of nitrogens with one attached hydrogen (secondary N) is 1. The van der Waals surface area contributed by atoms with Gasteiger partial charge in [-0.05, 0) is 17.7 Å². The molecule has 1 atom stereocenters. The average Bonchev–Trinajstić information content (AvgIpc) is 2.63. The van der Waals surface area contributed by atoms with Crippen molar-refractivity contribution in [2.75, 3.05) is 37.7 Å². The van der Waals surface area contributed by atoms with Crippen LogP contribution in [-0.2, 0) is 11.3 Å². The first-order chi connectivity index (χ1) is 11.7. The standard InChI is InChI=1S/C17H21FN4O2/c18-15-3-1-2-14(8-15)16(23)12-19-9-13-10-20-17(21-11-13)22-4-6-24-7-5-22/h1-3,8,10-11,16,19,23H,4-7,9,12H2/t16-/m0/s1. The molecule has 1 aromatic heterocycles. The predicted molar refractivity (Wildman–Crippen MR) is 88.1 cm³/mol. The van der Waals surface area contributed by atoms with Crippen LogP contribution in [0, 0.1) is 5.82 Å². The zero-order chi connectivity index (χ0) is 16.8. The highest BCUT2D eigenvalue weighted by atomic mass is 19.1. The van der Waals surface area contributed by atoms with E-state index < -0.39 is 6.10 Å². The molecule has 0 saturated carbocycles. The number of morpholine rings is 1. The summed E-state index contributed by atoms with van der Waals surface area (Å²) in [6.45, 7) is 3.87. The van der Waals surface area contributed by atoms with Crippen molar-refractivity contribution >= 4 is 5.95 Å². The maximum Gasteiger partial charge on any atom is 0.225 e. The molecule has 3 rings (SSSR count). The Morgan fingerprint density at radius 3 is 2.71 bits per heavy atom. The normalized spacial score (nSPS) is 16.2. The van der Waals surface area contributed by atoms with Crippen LogP contribution in [0.5, 0.6) is 0 Å². The van der Waals surface area contributed by atoms with Crippen molar-refractivity contribution in [3.05, 3.63) is 53.6 Å². The monoisotopic (exact) mass is 332 g/mol. The smallest absolute Gasteiger partial charge is 0.225 e. The summed E-state index contributed by atoms with van der Waals surface area (Å²) >= 11 is 0. The molecule has 0 bridgehead atoms. The molecule has 0 radical (unpaired) electrons. The fourth-order valence-electron chi connectivity index (χ4n) is 2.55. The quantitative estimate of drug-likeness (QED) is 0.830. The number of benzene rings is 1. The van der Waals surface area contributed by atoms with Gasteiger partial charge in [-0.15, -0.1) is 0 Å². The third-order valence-electron chi connectivity index (χ3n) is 3.89. The van der Waals surface area contributed by atoms with E-state index in [0.29, 0.717) is 37.8 Å². The Balaban J connectivity index is 1.48. The number of aliphatic hydroxyl groups is 1. The van der Waals surface area contributed by atoms with Gasteiger partial charge in [0.2, 0.25) is 5.95 Å². The lowest BCUT2D eigenvalue weighted by atomic mass is 10.1. The van der Waals surface area contributed by atoms with E-state index in [-0.39, 0.29) is 5.82 Å². The van der Waals surface area contributed by atoms with Gasteiger partial charge in [-0.3, -0.25) is 0 Å². The first-order valence-corrected chi connectivity index (χ1v) is 8.00. The Kier molecular flexibility index (Phi) is 5.68. The molecule has 6 nitrogen and oxygen atoms in total. The van der Waals surface area contributed by atoms with Crippen LogP contribution in [0.4, 0.5) is 10.3 Å². The molecular weight excluding hydrogens is 311 g/mol. The summed E-state index contributed by atoms with van der Waals surface area (Å²) in [5.74, 6) is 0.362. The van der Waals surface area contributed by atoms with Gasteiger partial charge in [0, 0.05) is 44.1 Å². The lowest BCUT2D eigenvalue weighted by Gasteiger charge is -2.26. The molecule has 1 aromatic carbocycles. The summed E-state index contributed by atoms with van der Waals surface area (Å²) in [6.07, 6.45) is 2.80. The lowest BCUT2D eigenvalue weighted by Crippen LogP contribution is -2.37. The van der Waals surface area contributed by atoms with Gasteiger partial charge in [-0.25, -0.2) is 14.4 Å². The molecule has 1 fully saturated rings. The van der Waals surface area contributed by atoms with Crippen molar-refractivity contribution in [3.8, 4) is 0 Å². The topological polar surface area (TPSA) is 70.5 Å². The summed E-state index contributed by atoms with van der Waals surface area (Å²) in [4.78, 5) is 10.8. The maximum absolute atomic E-state index is 13.1. The van der Waals surface area contributed by atoms with Crippen molar-refractivity contribution < 1.29 is 14.2 Å². The zero-order valence-electron chi connectivity index (χ0n) is 13.4. The molecule has 2 heterocycles. The van der Waals surface area contributed by atoms with Gasteiger partial charge in [0.1, 0.15) is 5.82 Å². The minimum absolute atomic E-state index is 0.328. The van der Waals surface area contributed by atoms with Gasteiger partial charge in [-0.2, -0.15) is 0 Å². The minimum Gasteiger partial charge on any atom is -0.387 e. The Morgan fingerprint density at radius 1 is 1.25 bits per heavy atom. The molecular formula is C17H21FN4O2. The van der Waals surface area contributed by atoms with Crippen LogP contribution < -0.4 is 10.2 Å². The molecule has 0 unspecified atom stereocenters. The van der Waals surface area contributed by atoms with Crippen LogP contribution in [0.15, 0.2) is 36.7 Å². The van der Waals surface area contributed by atoms with Crippen molar-refractivity contribution in [3.63, 3.8) is 0 Å². The van der Waals surface area contributed by atoms with Crippen LogP contribution in [0.2, 0.25) is 0 Å². The highest BCUT2D eigenvalue weighted by molar-refractivity contribution is 5.30. The van der Waals surface area contributed by atoms with E-state index in [4.69, 9.17) is 4.74 Å². The molecule has 1 aliphatic rings. The van der Waals surface area contributed by atoms with E-state index in [9.17, 15) is 9.50 Å². The first-order valence-electron chi connectivity index (χ1n) is 8.00. The van der Waals surface area contributed by atoms with E-state index >= 15 is 0 Å². The summed E-state index contributed by atoms with van der Waals surface area (Å²) < 4.78 is 18.5. The molecule has 2 N–H and O–H groups in total. The molecule has 1 aliphatic heterocycles. The molecule has 0 aliphatic carbocycles. The molecule has 2 aromatic rings. The van der Waals surface area contributed by atoms with E-state index in [1.807, 2.05) is 0 Å². The van der Waals surface area contributed by atoms with Gasteiger partial charge in [0.05, 0.1) is 19.3 Å². The zero-order valence-corrected chi connectivity index (χ0v) is 13.4. The number of halogens is 1.